The zero-order valence-corrected chi connectivity index (χ0v) is 13.0. The van der Waals surface area contributed by atoms with Crippen LogP contribution in [0, 0.1) is 0 Å². The fourth-order valence-electron chi connectivity index (χ4n) is 1.98. The number of hydrogen-bond acceptors (Lipinski definition) is 3. The number of benzene rings is 1. The van der Waals surface area contributed by atoms with Gasteiger partial charge in [0.2, 0.25) is 5.91 Å². The van der Waals surface area contributed by atoms with E-state index in [0.717, 1.165) is 18.7 Å². The van der Waals surface area contributed by atoms with Gasteiger partial charge in [0.05, 0.1) is 7.11 Å². The lowest BCUT2D eigenvalue weighted by atomic mass is 9.84. The van der Waals surface area contributed by atoms with Crippen LogP contribution in [0.4, 0.5) is 0 Å². The molecular formula is C16H26N2O2. The normalized spacial score (nSPS) is 11.2. The van der Waals surface area contributed by atoms with Gasteiger partial charge < -0.3 is 15.4 Å². The molecule has 0 unspecified atom stereocenters. The maximum Gasteiger partial charge on any atom is 0.220 e. The average molecular weight is 278 g/mol. The highest BCUT2D eigenvalue weighted by atomic mass is 16.5. The highest BCUT2D eigenvalue weighted by molar-refractivity contribution is 5.76. The van der Waals surface area contributed by atoms with Crippen molar-refractivity contribution in [1.82, 2.24) is 10.6 Å². The van der Waals surface area contributed by atoms with Crippen molar-refractivity contribution < 1.29 is 9.53 Å². The van der Waals surface area contributed by atoms with Crippen LogP contribution >= 0.6 is 0 Å². The molecule has 0 aromatic heterocycles. The highest BCUT2D eigenvalue weighted by Crippen LogP contribution is 2.24. The van der Waals surface area contributed by atoms with Crippen molar-refractivity contribution in [3.63, 3.8) is 0 Å². The van der Waals surface area contributed by atoms with Gasteiger partial charge in [0.1, 0.15) is 5.75 Å². The zero-order valence-electron chi connectivity index (χ0n) is 13.0. The van der Waals surface area contributed by atoms with E-state index in [1.807, 2.05) is 31.3 Å². The van der Waals surface area contributed by atoms with E-state index in [0.29, 0.717) is 13.0 Å². The fourth-order valence-corrected chi connectivity index (χ4v) is 1.98. The third kappa shape index (κ3) is 5.21. The Hall–Kier alpha value is -1.55. The summed E-state index contributed by atoms with van der Waals surface area (Å²) in [4.78, 5) is 11.7. The summed E-state index contributed by atoms with van der Waals surface area (Å²) < 4.78 is 5.16. The minimum absolute atomic E-state index is 0.0923. The summed E-state index contributed by atoms with van der Waals surface area (Å²) in [5, 5.41) is 6.05. The Morgan fingerprint density at radius 1 is 1.25 bits per heavy atom. The molecule has 0 aliphatic heterocycles. The van der Waals surface area contributed by atoms with Crippen molar-refractivity contribution in [2.24, 2.45) is 0 Å². The van der Waals surface area contributed by atoms with Crippen LogP contribution < -0.4 is 15.4 Å². The second-order valence-corrected chi connectivity index (χ2v) is 5.60. The fraction of sp³-hybridized carbons (Fsp3) is 0.562. The van der Waals surface area contributed by atoms with E-state index in [4.69, 9.17) is 4.74 Å². The summed E-state index contributed by atoms with van der Waals surface area (Å²) >= 11 is 0. The van der Waals surface area contributed by atoms with Crippen molar-refractivity contribution in [3.05, 3.63) is 29.8 Å². The van der Waals surface area contributed by atoms with E-state index >= 15 is 0 Å². The maximum absolute atomic E-state index is 11.7. The number of rotatable bonds is 8. The molecule has 1 amide bonds. The lowest BCUT2D eigenvalue weighted by Crippen LogP contribution is -2.36. The van der Waals surface area contributed by atoms with Gasteiger partial charge in [0.25, 0.3) is 0 Å². The molecule has 0 aliphatic rings. The molecular weight excluding hydrogens is 252 g/mol. The molecule has 1 aromatic carbocycles. The Morgan fingerprint density at radius 2 is 1.90 bits per heavy atom. The molecule has 4 nitrogen and oxygen atoms in total. The van der Waals surface area contributed by atoms with Gasteiger partial charge >= 0.3 is 0 Å². The maximum atomic E-state index is 11.7. The van der Waals surface area contributed by atoms with E-state index in [9.17, 15) is 4.79 Å². The number of nitrogens with one attached hydrogen (secondary N) is 2. The summed E-state index contributed by atoms with van der Waals surface area (Å²) in [7, 11) is 3.55. The molecule has 0 fully saturated rings. The van der Waals surface area contributed by atoms with Crippen LogP contribution in [-0.4, -0.2) is 33.2 Å². The monoisotopic (exact) mass is 278 g/mol. The van der Waals surface area contributed by atoms with Gasteiger partial charge in [-0.05, 0) is 37.7 Å². The Bertz CT molecular complexity index is 413. The lowest BCUT2D eigenvalue weighted by Gasteiger charge is -2.26. The van der Waals surface area contributed by atoms with Crippen LogP contribution in [0.5, 0.6) is 5.75 Å². The minimum Gasteiger partial charge on any atom is -0.497 e. The van der Waals surface area contributed by atoms with Gasteiger partial charge in [-0.1, -0.05) is 26.0 Å². The quantitative estimate of drug-likeness (QED) is 0.716. The molecule has 1 aromatic rings. The van der Waals surface area contributed by atoms with Crippen LogP contribution in [0.2, 0.25) is 0 Å². The number of amides is 1. The Kier molecular flexibility index (Phi) is 6.52. The first-order chi connectivity index (χ1) is 9.49. The van der Waals surface area contributed by atoms with E-state index in [1.54, 1.807) is 7.11 Å². The number of ether oxygens (including phenoxy) is 1. The number of hydrogen-bond donors (Lipinski definition) is 2. The van der Waals surface area contributed by atoms with Crippen LogP contribution in [0.3, 0.4) is 0 Å². The van der Waals surface area contributed by atoms with Gasteiger partial charge in [-0.25, -0.2) is 0 Å². The Balaban J connectivity index is 2.49. The van der Waals surface area contributed by atoms with Crippen molar-refractivity contribution in [1.29, 1.82) is 0 Å². The molecule has 0 saturated carbocycles. The van der Waals surface area contributed by atoms with Crippen molar-refractivity contribution in [2.45, 2.75) is 32.1 Å². The number of carbonyl (C=O) groups excluding carboxylic acids is 1. The molecule has 0 bridgehead atoms. The van der Waals surface area contributed by atoms with Gasteiger partial charge in [-0.15, -0.1) is 0 Å². The molecule has 20 heavy (non-hydrogen) atoms. The largest absolute Gasteiger partial charge is 0.497 e. The standard InChI is InChI=1S/C16H26N2O2/c1-16(2,12-18-15(19)6-5-11-17-3)13-7-9-14(20-4)10-8-13/h7-10,17H,5-6,11-12H2,1-4H3,(H,18,19). The summed E-state index contributed by atoms with van der Waals surface area (Å²) in [5.74, 6) is 0.961. The number of methoxy groups -OCH3 is 1. The van der Waals surface area contributed by atoms with E-state index in [1.165, 1.54) is 5.56 Å². The predicted octanol–water partition coefficient (Wildman–Crippen LogP) is 2.09. The lowest BCUT2D eigenvalue weighted by molar-refractivity contribution is -0.121. The summed E-state index contributed by atoms with van der Waals surface area (Å²) in [6, 6.07) is 8.00. The second-order valence-electron chi connectivity index (χ2n) is 5.60. The second kappa shape index (κ2) is 7.90. The first kappa shape index (κ1) is 16.5. The molecule has 112 valence electrons. The Labute approximate surface area is 121 Å². The highest BCUT2D eigenvalue weighted by Gasteiger charge is 2.21. The van der Waals surface area contributed by atoms with Crippen LogP contribution in [-0.2, 0) is 10.2 Å². The van der Waals surface area contributed by atoms with E-state index < -0.39 is 0 Å². The third-order valence-corrected chi connectivity index (χ3v) is 3.43. The third-order valence-electron chi connectivity index (χ3n) is 3.43. The molecule has 0 saturated heterocycles. The van der Waals surface area contributed by atoms with E-state index in [2.05, 4.69) is 24.5 Å². The minimum atomic E-state index is -0.0923. The first-order valence-corrected chi connectivity index (χ1v) is 7.05. The Morgan fingerprint density at radius 3 is 2.45 bits per heavy atom. The molecule has 0 heterocycles. The van der Waals surface area contributed by atoms with Gasteiger partial charge in [0, 0.05) is 18.4 Å². The smallest absolute Gasteiger partial charge is 0.220 e. The van der Waals surface area contributed by atoms with Gasteiger partial charge in [-0.3, -0.25) is 4.79 Å². The zero-order chi connectivity index (χ0) is 15.0. The predicted molar refractivity (Wildman–Crippen MR) is 82.2 cm³/mol. The molecule has 0 atom stereocenters. The molecule has 0 radical (unpaired) electrons. The van der Waals surface area contributed by atoms with Gasteiger partial charge in [0.15, 0.2) is 0 Å². The summed E-state index contributed by atoms with van der Waals surface area (Å²) in [5.41, 5.74) is 1.10. The van der Waals surface area contributed by atoms with Crippen LogP contribution in [0.15, 0.2) is 24.3 Å². The summed E-state index contributed by atoms with van der Waals surface area (Å²) in [6.45, 7) is 5.76. The van der Waals surface area contributed by atoms with E-state index in [-0.39, 0.29) is 11.3 Å². The molecule has 0 aliphatic carbocycles. The molecule has 4 heteroatoms. The SMILES string of the molecule is CNCCCC(=O)NCC(C)(C)c1ccc(OC)cc1. The van der Waals surface area contributed by atoms with Gasteiger partial charge in [-0.2, -0.15) is 0 Å². The molecule has 0 spiro atoms. The molecule has 2 N–H and O–H groups in total. The van der Waals surface area contributed by atoms with Crippen molar-refractivity contribution >= 4 is 5.91 Å². The average Bonchev–Trinajstić information content (AvgIpc) is 2.45. The first-order valence-electron chi connectivity index (χ1n) is 7.05. The van der Waals surface area contributed by atoms with Crippen LogP contribution in [0.1, 0.15) is 32.3 Å². The van der Waals surface area contributed by atoms with Crippen molar-refractivity contribution in [3.8, 4) is 5.75 Å². The van der Waals surface area contributed by atoms with Crippen molar-refractivity contribution in [2.75, 3.05) is 27.2 Å². The topological polar surface area (TPSA) is 50.4 Å². The summed E-state index contributed by atoms with van der Waals surface area (Å²) in [6.07, 6.45) is 1.44. The van der Waals surface area contributed by atoms with Crippen LogP contribution in [0.25, 0.3) is 0 Å². The number of carbonyl (C=O) groups is 1. The molecule has 1 rings (SSSR count).